The molecule has 1 N–H and O–H groups in total. The van der Waals surface area contributed by atoms with Gasteiger partial charge in [-0.05, 0) is 42.2 Å². The fraction of sp³-hybridized carbons (Fsp3) is 0.286. The first-order valence-electron chi connectivity index (χ1n) is 9.16. The highest BCUT2D eigenvalue weighted by Gasteiger charge is 2.15. The number of anilines is 1. The molecule has 146 valence electrons. The summed E-state index contributed by atoms with van der Waals surface area (Å²) in [5.74, 6) is 0.641. The number of amides is 1. The number of rotatable bonds is 7. The average molecular weight is 399 g/mol. The molecule has 0 aliphatic heterocycles. The lowest BCUT2D eigenvalue weighted by atomic mass is 9.99. The van der Waals surface area contributed by atoms with E-state index in [-0.39, 0.29) is 17.5 Å². The first-order valence-corrected chi connectivity index (χ1v) is 10.1. The number of nitrogens with one attached hydrogen (secondary N) is 1. The van der Waals surface area contributed by atoms with Gasteiger partial charge in [-0.1, -0.05) is 49.9 Å². The van der Waals surface area contributed by atoms with Crippen molar-refractivity contribution in [3.05, 3.63) is 59.9 Å². The molecule has 28 heavy (non-hydrogen) atoms. The summed E-state index contributed by atoms with van der Waals surface area (Å²) >= 11 is 1.26. The summed E-state index contributed by atoms with van der Waals surface area (Å²) < 4.78 is 15.7. The Morgan fingerprint density at radius 1 is 1.18 bits per heavy atom. The Morgan fingerprint density at radius 3 is 2.57 bits per heavy atom. The molecular weight excluding hydrogens is 375 g/mol. The molecule has 5 nitrogen and oxygen atoms in total. The molecule has 0 saturated carbocycles. The maximum atomic E-state index is 14.0. The maximum Gasteiger partial charge on any atom is 0.234 e. The third-order valence-electron chi connectivity index (χ3n) is 4.66. The second-order valence-electron chi connectivity index (χ2n) is 6.61. The van der Waals surface area contributed by atoms with Crippen LogP contribution in [0.5, 0.6) is 0 Å². The molecule has 3 aromatic rings. The van der Waals surface area contributed by atoms with Gasteiger partial charge >= 0.3 is 0 Å². The van der Waals surface area contributed by atoms with Gasteiger partial charge in [0.2, 0.25) is 5.91 Å². The number of carbonyl (C=O) groups is 1. The lowest BCUT2D eigenvalue weighted by Gasteiger charge is -2.10. The van der Waals surface area contributed by atoms with Crippen LogP contribution in [0.2, 0.25) is 0 Å². The van der Waals surface area contributed by atoms with Crippen LogP contribution in [0.25, 0.3) is 11.4 Å². The number of aromatic nitrogens is 3. The number of thioether (sulfide) groups is 1. The summed E-state index contributed by atoms with van der Waals surface area (Å²) in [7, 11) is 1.76. The quantitative estimate of drug-likeness (QED) is 0.577. The van der Waals surface area contributed by atoms with E-state index in [1.54, 1.807) is 29.8 Å². The zero-order valence-electron chi connectivity index (χ0n) is 16.1. The lowest BCUT2D eigenvalue weighted by Crippen LogP contribution is -2.14. The van der Waals surface area contributed by atoms with E-state index in [0.717, 1.165) is 12.1 Å². The lowest BCUT2D eigenvalue weighted by molar-refractivity contribution is -0.113. The number of hydrogen-bond acceptors (Lipinski definition) is 4. The largest absolute Gasteiger partial charge is 0.325 e. The minimum Gasteiger partial charge on any atom is -0.325 e. The minimum absolute atomic E-state index is 0.128. The zero-order chi connectivity index (χ0) is 20.1. The number of carbonyl (C=O) groups excluding carboxylic acids is 1. The van der Waals surface area contributed by atoms with Gasteiger partial charge in [0.1, 0.15) is 5.82 Å². The first kappa shape index (κ1) is 20.1. The third kappa shape index (κ3) is 4.59. The van der Waals surface area contributed by atoms with E-state index in [0.29, 0.717) is 22.5 Å². The van der Waals surface area contributed by atoms with Crippen LogP contribution < -0.4 is 5.32 Å². The monoisotopic (exact) mass is 398 g/mol. The van der Waals surface area contributed by atoms with Crippen molar-refractivity contribution in [3.8, 4) is 11.4 Å². The Balaban J connectivity index is 1.60. The van der Waals surface area contributed by atoms with E-state index in [9.17, 15) is 9.18 Å². The van der Waals surface area contributed by atoms with Gasteiger partial charge in [0.25, 0.3) is 0 Å². The van der Waals surface area contributed by atoms with Crippen molar-refractivity contribution in [1.29, 1.82) is 0 Å². The van der Waals surface area contributed by atoms with E-state index < -0.39 is 0 Å². The predicted octanol–water partition coefficient (Wildman–Crippen LogP) is 4.87. The molecule has 0 aliphatic rings. The predicted molar refractivity (Wildman–Crippen MR) is 111 cm³/mol. The van der Waals surface area contributed by atoms with Crippen LogP contribution in [0.1, 0.15) is 31.7 Å². The molecule has 2 aromatic carbocycles. The zero-order valence-corrected chi connectivity index (χ0v) is 17.0. The molecule has 0 spiro atoms. The number of hydrogen-bond donors (Lipinski definition) is 1. The normalized spacial score (nSPS) is 12.0. The summed E-state index contributed by atoms with van der Waals surface area (Å²) in [6.45, 7) is 4.34. The number of nitrogens with zero attached hydrogens (tertiary/aromatic N) is 3. The molecule has 1 amide bonds. The molecular formula is C21H23FN4OS. The molecule has 3 rings (SSSR count). The van der Waals surface area contributed by atoms with Crippen molar-refractivity contribution in [2.24, 2.45) is 7.05 Å². The summed E-state index contributed by atoms with van der Waals surface area (Å²) in [5.41, 5.74) is 2.41. The van der Waals surface area contributed by atoms with Crippen molar-refractivity contribution in [1.82, 2.24) is 14.8 Å². The van der Waals surface area contributed by atoms with Crippen molar-refractivity contribution in [2.75, 3.05) is 11.1 Å². The summed E-state index contributed by atoms with van der Waals surface area (Å²) in [6.07, 6.45) is 1.08. The Hall–Kier alpha value is -2.67. The first-order chi connectivity index (χ1) is 13.5. The molecule has 7 heteroatoms. The van der Waals surface area contributed by atoms with Crippen molar-refractivity contribution >= 4 is 23.4 Å². The Bertz CT molecular complexity index is 955. The number of halogens is 1. The number of benzene rings is 2. The molecule has 0 unspecified atom stereocenters. The fourth-order valence-corrected chi connectivity index (χ4v) is 3.49. The van der Waals surface area contributed by atoms with Gasteiger partial charge in [-0.2, -0.15) is 0 Å². The highest BCUT2D eigenvalue weighted by atomic mass is 32.2. The van der Waals surface area contributed by atoms with Gasteiger partial charge < -0.3 is 9.88 Å². The van der Waals surface area contributed by atoms with Crippen molar-refractivity contribution in [3.63, 3.8) is 0 Å². The Labute approximate surface area is 168 Å². The molecule has 1 atom stereocenters. The van der Waals surface area contributed by atoms with Crippen molar-refractivity contribution in [2.45, 2.75) is 31.3 Å². The smallest absolute Gasteiger partial charge is 0.234 e. The van der Waals surface area contributed by atoms with Crippen molar-refractivity contribution < 1.29 is 9.18 Å². The molecule has 1 heterocycles. The second-order valence-corrected chi connectivity index (χ2v) is 7.56. The van der Waals surface area contributed by atoms with E-state index in [2.05, 4.69) is 29.4 Å². The average Bonchev–Trinajstić information content (AvgIpc) is 3.07. The second kappa shape index (κ2) is 9.01. The SMILES string of the molecule is CC[C@@H](C)c1ccc(NC(=O)CSc2nnc(-c3ccccc3F)n2C)cc1. The molecule has 0 radical (unpaired) electrons. The highest BCUT2D eigenvalue weighted by molar-refractivity contribution is 7.99. The Morgan fingerprint density at radius 2 is 1.89 bits per heavy atom. The van der Waals surface area contributed by atoms with Gasteiger partial charge in [0.15, 0.2) is 11.0 Å². The van der Waals surface area contributed by atoms with Crippen LogP contribution in [-0.4, -0.2) is 26.4 Å². The van der Waals surface area contributed by atoms with Crippen LogP contribution >= 0.6 is 11.8 Å². The van der Waals surface area contributed by atoms with Gasteiger partial charge in [0.05, 0.1) is 11.3 Å². The summed E-state index contributed by atoms with van der Waals surface area (Å²) in [4.78, 5) is 12.3. The van der Waals surface area contributed by atoms with Gasteiger partial charge in [0, 0.05) is 12.7 Å². The molecule has 0 bridgehead atoms. The van der Waals surface area contributed by atoms with Crippen LogP contribution in [0.15, 0.2) is 53.7 Å². The minimum atomic E-state index is -0.354. The van der Waals surface area contributed by atoms with Crippen LogP contribution in [0.3, 0.4) is 0 Å². The van der Waals surface area contributed by atoms with E-state index in [1.807, 2.05) is 24.3 Å². The molecule has 0 fully saturated rings. The Kier molecular flexibility index (Phi) is 6.46. The highest BCUT2D eigenvalue weighted by Crippen LogP contribution is 2.25. The van der Waals surface area contributed by atoms with E-state index in [4.69, 9.17) is 0 Å². The van der Waals surface area contributed by atoms with Gasteiger partial charge in [-0.15, -0.1) is 10.2 Å². The van der Waals surface area contributed by atoms with Crippen LogP contribution in [0.4, 0.5) is 10.1 Å². The standard InChI is InChI=1S/C21H23FN4OS/c1-4-14(2)15-9-11-16(12-10-15)23-19(27)13-28-21-25-24-20(26(21)3)17-7-5-6-8-18(17)22/h5-12,14H,4,13H2,1-3H3,(H,23,27)/t14-/m1/s1. The van der Waals surface area contributed by atoms with Gasteiger partial charge in [-0.3, -0.25) is 4.79 Å². The summed E-state index contributed by atoms with van der Waals surface area (Å²) in [6, 6.07) is 14.3. The maximum absolute atomic E-state index is 14.0. The van der Waals surface area contributed by atoms with Crippen LogP contribution in [-0.2, 0) is 11.8 Å². The van der Waals surface area contributed by atoms with Crippen LogP contribution in [0, 0.1) is 5.82 Å². The molecule has 0 saturated heterocycles. The molecule has 1 aromatic heterocycles. The fourth-order valence-electron chi connectivity index (χ4n) is 2.78. The molecule has 0 aliphatic carbocycles. The van der Waals surface area contributed by atoms with E-state index in [1.165, 1.54) is 23.4 Å². The summed E-state index contributed by atoms with van der Waals surface area (Å²) in [5, 5.41) is 11.6. The van der Waals surface area contributed by atoms with Gasteiger partial charge in [-0.25, -0.2) is 4.39 Å². The topological polar surface area (TPSA) is 59.8 Å². The third-order valence-corrected chi connectivity index (χ3v) is 5.68. The van der Waals surface area contributed by atoms with E-state index >= 15 is 0 Å².